The maximum Gasteiger partial charge on any atom is 0.278 e. The molecule has 1 unspecified atom stereocenters. The van der Waals surface area contributed by atoms with Gasteiger partial charge < -0.3 is 19.9 Å². The van der Waals surface area contributed by atoms with E-state index in [2.05, 4.69) is 69.7 Å². The molecule has 10 heteroatoms. The Balaban J connectivity index is 1.36. The van der Waals surface area contributed by atoms with Crippen LogP contribution in [0.3, 0.4) is 0 Å². The smallest absolute Gasteiger partial charge is 0.278 e. The zero-order chi connectivity index (χ0) is 28.9. The average Bonchev–Trinajstić information content (AvgIpc) is 3.48. The lowest BCUT2D eigenvalue weighted by Gasteiger charge is -2.36. The third-order valence-electron chi connectivity index (χ3n) is 8.11. The number of aliphatic hydroxyl groups is 1. The number of hydrogen-bond acceptors (Lipinski definition) is 7. The fraction of sp³-hybridized carbons (Fsp3) is 0.355. The van der Waals surface area contributed by atoms with Gasteiger partial charge in [0.2, 0.25) is 5.95 Å². The Morgan fingerprint density at radius 3 is 2.78 bits per heavy atom. The molecule has 6 rings (SSSR count). The van der Waals surface area contributed by atoms with E-state index < -0.39 is 5.60 Å². The number of piperidine rings is 1. The zero-order valence-corrected chi connectivity index (χ0v) is 23.9. The molecular formula is C31H36N8O2. The summed E-state index contributed by atoms with van der Waals surface area (Å²) in [6.07, 6.45) is 7.65. The summed E-state index contributed by atoms with van der Waals surface area (Å²) in [6.45, 7) is 10.8. The molecule has 1 fully saturated rings. The summed E-state index contributed by atoms with van der Waals surface area (Å²) < 4.78 is 5.58. The summed E-state index contributed by atoms with van der Waals surface area (Å²) in [4.78, 5) is 29.6. The topological polar surface area (TPSA) is 106 Å². The van der Waals surface area contributed by atoms with Crippen molar-refractivity contribution in [2.75, 3.05) is 18.9 Å². The van der Waals surface area contributed by atoms with Crippen molar-refractivity contribution in [3.8, 4) is 5.82 Å². The summed E-state index contributed by atoms with van der Waals surface area (Å²) in [5.41, 5.74) is 1.57. The molecule has 1 aromatic carbocycles. The molecule has 0 radical (unpaired) electrons. The number of fused-ring (bicyclic) bond motifs is 2. The van der Waals surface area contributed by atoms with Crippen LogP contribution in [0.4, 0.5) is 11.6 Å². The molecule has 2 N–H and O–H groups in total. The van der Waals surface area contributed by atoms with E-state index in [1.165, 1.54) is 10.2 Å². The molecule has 5 heterocycles. The van der Waals surface area contributed by atoms with Crippen molar-refractivity contribution in [2.45, 2.75) is 57.8 Å². The maximum absolute atomic E-state index is 13.3. The first kappa shape index (κ1) is 26.9. The van der Waals surface area contributed by atoms with Gasteiger partial charge in [0.15, 0.2) is 11.5 Å². The molecule has 2 atom stereocenters. The number of pyridine rings is 1. The molecule has 4 aromatic heterocycles. The van der Waals surface area contributed by atoms with Crippen LogP contribution in [-0.2, 0) is 12.1 Å². The molecule has 41 heavy (non-hydrogen) atoms. The summed E-state index contributed by atoms with van der Waals surface area (Å²) >= 11 is 0. The Morgan fingerprint density at radius 1 is 1.20 bits per heavy atom. The molecule has 1 aliphatic rings. The van der Waals surface area contributed by atoms with Crippen molar-refractivity contribution in [2.24, 2.45) is 0 Å². The number of rotatable bonds is 7. The minimum absolute atomic E-state index is 0.243. The first-order chi connectivity index (χ1) is 19.6. The SMILES string of the molecule is C=CCn1c(=O)c2cnc(Nc3ccc4c(ccn4C4CCN(C)[C@@H](C)C4)c3)nc2n1-c1cccc(C(C)(C)O)n1. The van der Waals surface area contributed by atoms with Crippen LogP contribution in [0.25, 0.3) is 27.8 Å². The van der Waals surface area contributed by atoms with E-state index in [1.54, 1.807) is 49.0 Å². The number of aromatic nitrogens is 6. The monoisotopic (exact) mass is 552 g/mol. The summed E-state index contributed by atoms with van der Waals surface area (Å²) in [5, 5.41) is 15.4. The minimum atomic E-state index is -1.15. The van der Waals surface area contributed by atoms with E-state index in [0.29, 0.717) is 40.6 Å². The lowest BCUT2D eigenvalue weighted by Crippen LogP contribution is -2.38. The molecular weight excluding hydrogens is 516 g/mol. The van der Waals surface area contributed by atoms with E-state index >= 15 is 0 Å². The van der Waals surface area contributed by atoms with Crippen molar-refractivity contribution in [3.63, 3.8) is 0 Å². The number of likely N-dealkylation sites (tertiary alicyclic amines) is 1. The number of nitrogens with one attached hydrogen (secondary N) is 1. The Bertz CT molecular complexity index is 1810. The number of nitrogens with zero attached hydrogens (tertiary/aromatic N) is 7. The molecule has 0 aliphatic carbocycles. The number of benzene rings is 1. The van der Waals surface area contributed by atoms with Gasteiger partial charge in [0.1, 0.15) is 11.0 Å². The number of allylic oxidation sites excluding steroid dienone is 1. The number of anilines is 2. The molecule has 5 aromatic rings. The van der Waals surface area contributed by atoms with Crippen molar-refractivity contribution < 1.29 is 5.11 Å². The Labute approximate surface area is 238 Å². The normalized spacial score (nSPS) is 18.3. The molecule has 1 aliphatic heterocycles. The highest BCUT2D eigenvalue weighted by atomic mass is 16.3. The van der Waals surface area contributed by atoms with Crippen molar-refractivity contribution in [1.29, 1.82) is 0 Å². The highest BCUT2D eigenvalue weighted by Crippen LogP contribution is 2.31. The van der Waals surface area contributed by atoms with Gasteiger partial charge in [-0.1, -0.05) is 12.1 Å². The highest BCUT2D eigenvalue weighted by molar-refractivity contribution is 5.85. The molecule has 0 saturated carbocycles. The van der Waals surface area contributed by atoms with Gasteiger partial charge in [0, 0.05) is 47.6 Å². The molecule has 0 spiro atoms. The van der Waals surface area contributed by atoms with Gasteiger partial charge in [-0.3, -0.25) is 4.79 Å². The van der Waals surface area contributed by atoms with Crippen LogP contribution < -0.4 is 10.9 Å². The third kappa shape index (κ3) is 4.93. The molecule has 212 valence electrons. The molecule has 0 bridgehead atoms. The van der Waals surface area contributed by atoms with Crippen LogP contribution in [0.2, 0.25) is 0 Å². The quantitative estimate of drug-likeness (QED) is 0.281. The first-order valence-electron chi connectivity index (χ1n) is 14.0. The predicted octanol–water partition coefficient (Wildman–Crippen LogP) is 4.74. The van der Waals surface area contributed by atoms with Crippen molar-refractivity contribution >= 4 is 33.6 Å². The second-order valence-corrected chi connectivity index (χ2v) is 11.5. The molecule has 1 saturated heterocycles. The molecule has 10 nitrogen and oxygen atoms in total. The van der Waals surface area contributed by atoms with Gasteiger partial charge >= 0.3 is 0 Å². The predicted molar refractivity (Wildman–Crippen MR) is 162 cm³/mol. The second kappa shape index (κ2) is 10.3. The van der Waals surface area contributed by atoms with Crippen LogP contribution in [0.1, 0.15) is 45.3 Å². The highest BCUT2D eigenvalue weighted by Gasteiger charge is 2.25. The lowest BCUT2D eigenvalue weighted by atomic mass is 9.98. The first-order valence-corrected chi connectivity index (χ1v) is 14.0. The maximum atomic E-state index is 13.3. The van der Waals surface area contributed by atoms with Crippen molar-refractivity contribution in [3.05, 3.63) is 83.6 Å². The van der Waals surface area contributed by atoms with Gasteiger partial charge in [0.25, 0.3) is 5.56 Å². The summed E-state index contributed by atoms with van der Waals surface area (Å²) in [6, 6.07) is 14.8. The van der Waals surface area contributed by atoms with Gasteiger partial charge in [-0.05, 0) is 77.1 Å². The van der Waals surface area contributed by atoms with Crippen LogP contribution in [0.15, 0.2) is 72.3 Å². The Morgan fingerprint density at radius 2 is 2.02 bits per heavy atom. The van der Waals surface area contributed by atoms with E-state index in [0.717, 1.165) is 30.5 Å². The van der Waals surface area contributed by atoms with Crippen LogP contribution >= 0.6 is 0 Å². The van der Waals surface area contributed by atoms with Crippen LogP contribution in [0.5, 0.6) is 0 Å². The standard InChI is InChI=1S/C31H36N8O2/c1-6-14-38-29(40)24-19-32-30(35-28(24)39(38)27-9-7-8-26(34-27)31(3,4)41)33-22-10-11-25-21(18-22)12-16-37(25)23-13-15-36(5)20(2)17-23/h6-12,16,18-20,23,41H,1,13-15,17H2,2-5H3,(H,32,33,35)/t20-,23?/m0/s1. The average molecular weight is 553 g/mol. The van der Waals surface area contributed by atoms with E-state index in [9.17, 15) is 9.90 Å². The fourth-order valence-electron chi connectivity index (χ4n) is 5.70. The van der Waals surface area contributed by atoms with Gasteiger partial charge in [-0.2, -0.15) is 4.98 Å². The summed E-state index contributed by atoms with van der Waals surface area (Å²) in [7, 11) is 2.20. The summed E-state index contributed by atoms with van der Waals surface area (Å²) in [5.74, 6) is 0.831. The van der Waals surface area contributed by atoms with Crippen LogP contribution in [0, 0.1) is 0 Å². The van der Waals surface area contributed by atoms with E-state index in [4.69, 9.17) is 4.98 Å². The van der Waals surface area contributed by atoms with Crippen LogP contribution in [-0.4, -0.2) is 58.5 Å². The number of hydrogen-bond donors (Lipinski definition) is 2. The van der Waals surface area contributed by atoms with Gasteiger partial charge in [-0.15, -0.1) is 6.58 Å². The minimum Gasteiger partial charge on any atom is -0.384 e. The van der Waals surface area contributed by atoms with E-state index in [1.807, 2.05) is 6.07 Å². The third-order valence-corrected chi connectivity index (χ3v) is 8.11. The fourth-order valence-corrected chi connectivity index (χ4v) is 5.70. The van der Waals surface area contributed by atoms with E-state index in [-0.39, 0.29) is 12.1 Å². The largest absolute Gasteiger partial charge is 0.384 e. The Hall–Kier alpha value is -4.28. The van der Waals surface area contributed by atoms with Crippen molar-refractivity contribution in [1.82, 2.24) is 33.8 Å². The Kier molecular flexibility index (Phi) is 6.75. The second-order valence-electron chi connectivity index (χ2n) is 11.5. The lowest BCUT2D eigenvalue weighted by molar-refractivity contribution is 0.0738. The zero-order valence-electron chi connectivity index (χ0n) is 23.9. The van der Waals surface area contributed by atoms with Gasteiger partial charge in [-0.25, -0.2) is 19.3 Å². The van der Waals surface area contributed by atoms with Gasteiger partial charge in [0.05, 0.1) is 12.2 Å². The molecule has 0 amide bonds.